The summed E-state index contributed by atoms with van der Waals surface area (Å²) in [5.74, 6) is 1.17. The number of pyridine rings is 1. The van der Waals surface area contributed by atoms with Crippen LogP contribution in [0.25, 0.3) is 10.9 Å². The van der Waals surface area contributed by atoms with Gasteiger partial charge in [-0.05, 0) is 31.7 Å². The molecular weight excluding hydrogens is 278 g/mol. The molecule has 114 valence electrons. The maximum atomic E-state index is 12.3. The molecule has 1 aliphatic carbocycles. The molecule has 0 spiro atoms. The number of fused-ring (bicyclic) bond motifs is 1. The number of carbonyl (C=O) groups is 1. The van der Waals surface area contributed by atoms with E-state index in [0.717, 1.165) is 55.5 Å². The largest absolute Gasteiger partial charge is 0.355 e. The second-order valence-corrected chi connectivity index (χ2v) is 6.16. The summed E-state index contributed by atoms with van der Waals surface area (Å²) < 4.78 is 0. The van der Waals surface area contributed by atoms with Crippen molar-refractivity contribution in [1.29, 1.82) is 0 Å². The zero-order chi connectivity index (χ0) is 14.9. The Kier molecular flexibility index (Phi) is 3.36. The van der Waals surface area contributed by atoms with Gasteiger partial charge < -0.3 is 10.2 Å². The first kappa shape index (κ1) is 13.4. The summed E-state index contributed by atoms with van der Waals surface area (Å²) in [5.41, 5.74) is 0.844. The number of anilines is 1. The van der Waals surface area contributed by atoms with Gasteiger partial charge >= 0.3 is 0 Å². The summed E-state index contributed by atoms with van der Waals surface area (Å²) in [4.78, 5) is 27.3. The molecule has 22 heavy (non-hydrogen) atoms. The number of hydrogen-bond donors (Lipinski definition) is 1. The van der Waals surface area contributed by atoms with Crippen LogP contribution in [0, 0.1) is 5.92 Å². The smallest absolute Gasteiger partial charge is 0.225 e. The molecule has 1 amide bonds. The van der Waals surface area contributed by atoms with Crippen LogP contribution in [-0.4, -0.2) is 40.0 Å². The third-order valence-corrected chi connectivity index (χ3v) is 4.43. The van der Waals surface area contributed by atoms with E-state index in [1.54, 1.807) is 18.7 Å². The molecule has 4 rings (SSSR count). The Morgan fingerprint density at radius 2 is 2.18 bits per heavy atom. The number of aromatic nitrogens is 3. The number of hydrogen-bond acceptors (Lipinski definition) is 5. The lowest BCUT2D eigenvalue weighted by atomic mass is 9.97. The van der Waals surface area contributed by atoms with Crippen LogP contribution in [0.2, 0.25) is 0 Å². The molecule has 0 bridgehead atoms. The van der Waals surface area contributed by atoms with E-state index in [9.17, 15) is 4.79 Å². The second-order valence-electron chi connectivity index (χ2n) is 6.16. The Morgan fingerprint density at radius 1 is 1.27 bits per heavy atom. The van der Waals surface area contributed by atoms with Crippen molar-refractivity contribution in [2.24, 2.45) is 5.92 Å². The number of carbonyl (C=O) groups excluding carboxylic acids is 1. The Balaban J connectivity index is 1.57. The molecule has 2 aromatic rings. The number of nitrogens with zero attached hydrogens (tertiary/aromatic N) is 4. The van der Waals surface area contributed by atoms with Crippen LogP contribution in [0.4, 0.5) is 5.82 Å². The average molecular weight is 297 g/mol. The first-order valence-electron chi connectivity index (χ1n) is 7.91. The highest BCUT2D eigenvalue weighted by Crippen LogP contribution is 2.28. The maximum absolute atomic E-state index is 12.3. The van der Waals surface area contributed by atoms with Crippen LogP contribution < -0.4 is 10.2 Å². The van der Waals surface area contributed by atoms with Crippen molar-refractivity contribution in [3.8, 4) is 0 Å². The molecule has 2 aliphatic rings. The van der Waals surface area contributed by atoms with E-state index in [0.29, 0.717) is 6.04 Å². The van der Waals surface area contributed by atoms with E-state index in [1.807, 2.05) is 6.07 Å². The quantitative estimate of drug-likeness (QED) is 0.930. The summed E-state index contributed by atoms with van der Waals surface area (Å²) in [6, 6.07) is 2.37. The molecule has 6 nitrogen and oxygen atoms in total. The Hall–Kier alpha value is -2.24. The van der Waals surface area contributed by atoms with Gasteiger partial charge in [-0.25, -0.2) is 9.97 Å². The van der Waals surface area contributed by atoms with Crippen molar-refractivity contribution in [3.05, 3.63) is 24.8 Å². The van der Waals surface area contributed by atoms with Crippen molar-refractivity contribution in [2.45, 2.75) is 31.7 Å². The van der Waals surface area contributed by atoms with E-state index in [-0.39, 0.29) is 11.8 Å². The van der Waals surface area contributed by atoms with Crippen molar-refractivity contribution < 1.29 is 4.79 Å². The van der Waals surface area contributed by atoms with Gasteiger partial charge in [0.25, 0.3) is 0 Å². The standard InChI is InChI=1S/C16H19N5O/c22-16(20-12-3-4-12)11-2-1-7-21(9-11)15-13-5-6-17-8-14(13)18-10-19-15/h5-6,8,10-12H,1-4,7,9H2,(H,20,22). The average Bonchev–Trinajstić information content (AvgIpc) is 3.38. The van der Waals surface area contributed by atoms with Crippen LogP contribution in [0.15, 0.2) is 24.8 Å². The van der Waals surface area contributed by atoms with E-state index in [1.165, 1.54) is 0 Å². The first-order valence-corrected chi connectivity index (χ1v) is 7.91. The molecule has 1 N–H and O–H groups in total. The van der Waals surface area contributed by atoms with Gasteiger partial charge in [-0.15, -0.1) is 0 Å². The van der Waals surface area contributed by atoms with Gasteiger partial charge in [-0.3, -0.25) is 9.78 Å². The fourth-order valence-electron chi connectivity index (χ4n) is 3.08. The van der Waals surface area contributed by atoms with Gasteiger partial charge in [0.05, 0.1) is 17.6 Å². The van der Waals surface area contributed by atoms with E-state index < -0.39 is 0 Å². The molecule has 0 aromatic carbocycles. The maximum Gasteiger partial charge on any atom is 0.225 e. The summed E-state index contributed by atoms with van der Waals surface area (Å²) >= 11 is 0. The van der Waals surface area contributed by atoms with Gasteiger partial charge in [0, 0.05) is 30.7 Å². The van der Waals surface area contributed by atoms with E-state index >= 15 is 0 Å². The molecule has 2 fully saturated rings. The van der Waals surface area contributed by atoms with Crippen molar-refractivity contribution in [3.63, 3.8) is 0 Å². The normalized spacial score (nSPS) is 21.8. The number of amides is 1. The van der Waals surface area contributed by atoms with E-state index in [2.05, 4.69) is 25.2 Å². The minimum Gasteiger partial charge on any atom is -0.355 e. The lowest BCUT2D eigenvalue weighted by molar-refractivity contribution is -0.125. The summed E-state index contributed by atoms with van der Waals surface area (Å²) in [6.45, 7) is 1.66. The molecular formula is C16H19N5O. The van der Waals surface area contributed by atoms with E-state index in [4.69, 9.17) is 0 Å². The highest BCUT2D eigenvalue weighted by atomic mass is 16.2. The third kappa shape index (κ3) is 2.61. The van der Waals surface area contributed by atoms with Crippen molar-refractivity contribution in [1.82, 2.24) is 20.3 Å². The van der Waals surface area contributed by atoms with Gasteiger partial charge in [0.1, 0.15) is 12.1 Å². The highest BCUT2D eigenvalue weighted by Gasteiger charge is 2.31. The lowest BCUT2D eigenvalue weighted by Gasteiger charge is -2.33. The minimum absolute atomic E-state index is 0.0567. The zero-order valence-electron chi connectivity index (χ0n) is 12.4. The monoisotopic (exact) mass is 297 g/mol. The molecule has 3 heterocycles. The fraction of sp³-hybridized carbons (Fsp3) is 0.500. The number of rotatable bonds is 3. The predicted molar refractivity (Wildman–Crippen MR) is 83.4 cm³/mol. The van der Waals surface area contributed by atoms with Crippen molar-refractivity contribution in [2.75, 3.05) is 18.0 Å². The first-order chi connectivity index (χ1) is 10.8. The SMILES string of the molecule is O=C(NC1CC1)C1CCCN(c2ncnc3cnccc23)C1. The molecule has 1 atom stereocenters. The molecule has 1 aliphatic heterocycles. The zero-order valence-corrected chi connectivity index (χ0v) is 12.4. The lowest BCUT2D eigenvalue weighted by Crippen LogP contribution is -2.44. The van der Waals surface area contributed by atoms with Crippen LogP contribution in [-0.2, 0) is 4.79 Å². The van der Waals surface area contributed by atoms with Crippen LogP contribution in [0.5, 0.6) is 0 Å². The summed E-state index contributed by atoms with van der Waals surface area (Å²) in [5, 5.41) is 4.13. The van der Waals surface area contributed by atoms with Gasteiger partial charge in [-0.2, -0.15) is 0 Å². The molecule has 1 unspecified atom stereocenters. The third-order valence-electron chi connectivity index (χ3n) is 4.43. The van der Waals surface area contributed by atoms with Crippen LogP contribution in [0.1, 0.15) is 25.7 Å². The van der Waals surface area contributed by atoms with Crippen molar-refractivity contribution >= 4 is 22.6 Å². The molecule has 6 heteroatoms. The molecule has 2 aromatic heterocycles. The fourth-order valence-corrected chi connectivity index (χ4v) is 3.08. The predicted octanol–water partition coefficient (Wildman–Crippen LogP) is 1.52. The summed E-state index contributed by atoms with van der Waals surface area (Å²) in [6.07, 6.45) is 9.32. The van der Waals surface area contributed by atoms with Gasteiger partial charge in [-0.1, -0.05) is 0 Å². The van der Waals surface area contributed by atoms with Crippen LogP contribution >= 0.6 is 0 Å². The second kappa shape index (κ2) is 5.51. The Morgan fingerprint density at radius 3 is 3.05 bits per heavy atom. The highest BCUT2D eigenvalue weighted by molar-refractivity contribution is 5.89. The number of nitrogens with one attached hydrogen (secondary N) is 1. The molecule has 0 radical (unpaired) electrons. The van der Waals surface area contributed by atoms with Crippen LogP contribution in [0.3, 0.4) is 0 Å². The molecule has 1 saturated carbocycles. The summed E-state index contributed by atoms with van der Waals surface area (Å²) in [7, 11) is 0. The van der Waals surface area contributed by atoms with Gasteiger partial charge in [0.15, 0.2) is 0 Å². The molecule has 1 saturated heterocycles. The topological polar surface area (TPSA) is 71.0 Å². The number of piperidine rings is 1. The Bertz CT molecular complexity index is 695. The van der Waals surface area contributed by atoms with Gasteiger partial charge in [0.2, 0.25) is 5.91 Å². The minimum atomic E-state index is 0.0567. The Labute approximate surface area is 129 Å².